The van der Waals surface area contributed by atoms with E-state index < -0.39 is 6.36 Å². The fourth-order valence-electron chi connectivity index (χ4n) is 2.14. The van der Waals surface area contributed by atoms with Crippen molar-refractivity contribution in [3.05, 3.63) is 29.8 Å². The molecule has 5 heteroatoms. The van der Waals surface area contributed by atoms with Crippen LogP contribution in [0.25, 0.3) is 0 Å². The maximum Gasteiger partial charge on any atom is 0.573 e. The Morgan fingerprint density at radius 3 is 2.25 bits per heavy atom. The van der Waals surface area contributed by atoms with E-state index in [4.69, 9.17) is 0 Å². The quantitative estimate of drug-likeness (QED) is 0.850. The van der Waals surface area contributed by atoms with E-state index in [-0.39, 0.29) is 17.2 Å². The van der Waals surface area contributed by atoms with E-state index in [0.29, 0.717) is 12.1 Å². The van der Waals surface area contributed by atoms with Crippen molar-refractivity contribution in [2.45, 2.75) is 46.5 Å². The molecule has 1 N–H and O–H groups in total. The third kappa shape index (κ3) is 5.82. The van der Waals surface area contributed by atoms with Crippen molar-refractivity contribution in [2.75, 3.05) is 6.54 Å². The zero-order valence-corrected chi connectivity index (χ0v) is 12.3. The average molecular weight is 289 g/mol. The molecule has 114 valence electrons. The molecule has 0 fully saturated rings. The molecule has 0 saturated carbocycles. The lowest BCUT2D eigenvalue weighted by Gasteiger charge is -2.28. The van der Waals surface area contributed by atoms with Crippen molar-refractivity contribution in [3.63, 3.8) is 0 Å². The summed E-state index contributed by atoms with van der Waals surface area (Å²) in [7, 11) is 0. The van der Waals surface area contributed by atoms with Crippen LogP contribution in [0.15, 0.2) is 24.3 Å². The molecule has 0 aliphatic rings. The van der Waals surface area contributed by atoms with Gasteiger partial charge in [-0.3, -0.25) is 0 Å². The third-order valence-corrected chi connectivity index (χ3v) is 2.79. The van der Waals surface area contributed by atoms with Crippen molar-refractivity contribution >= 4 is 0 Å². The Kier molecular flexibility index (Phi) is 5.45. The van der Waals surface area contributed by atoms with Crippen LogP contribution in [0.2, 0.25) is 0 Å². The van der Waals surface area contributed by atoms with Crippen molar-refractivity contribution in [1.29, 1.82) is 0 Å². The van der Waals surface area contributed by atoms with Crippen molar-refractivity contribution < 1.29 is 17.9 Å². The number of rotatable bonds is 5. The maximum absolute atomic E-state index is 12.5. The summed E-state index contributed by atoms with van der Waals surface area (Å²) in [6.07, 6.45) is -3.95. The minimum Gasteiger partial charge on any atom is -0.405 e. The summed E-state index contributed by atoms with van der Waals surface area (Å²) < 4.78 is 41.5. The van der Waals surface area contributed by atoms with Crippen LogP contribution in [0.5, 0.6) is 5.75 Å². The molecule has 1 unspecified atom stereocenters. The molecule has 2 nitrogen and oxygen atoms in total. The van der Waals surface area contributed by atoms with Gasteiger partial charge >= 0.3 is 6.36 Å². The molecule has 0 saturated heterocycles. The van der Waals surface area contributed by atoms with Gasteiger partial charge < -0.3 is 10.1 Å². The summed E-state index contributed by atoms with van der Waals surface area (Å²) in [5.74, 6) is -0.129. The standard InChI is InChI=1S/C15H22F3NO/c1-5-19-12(10-14(2,3)4)11-8-6-7-9-13(11)20-15(16,17)18/h6-9,12,19H,5,10H2,1-4H3. The van der Waals surface area contributed by atoms with Gasteiger partial charge in [0, 0.05) is 11.6 Å². The first-order valence-electron chi connectivity index (χ1n) is 6.70. The molecule has 0 radical (unpaired) electrons. The van der Waals surface area contributed by atoms with E-state index >= 15 is 0 Å². The summed E-state index contributed by atoms with van der Waals surface area (Å²) in [6.45, 7) is 8.80. The summed E-state index contributed by atoms with van der Waals surface area (Å²) in [4.78, 5) is 0. The highest BCUT2D eigenvalue weighted by molar-refractivity contribution is 5.36. The number of ether oxygens (including phenoxy) is 1. The second-order valence-corrected chi connectivity index (χ2v) is 5.96. The molecule has 0 spiro atoms. The van der Waals surface area contributed by atoms with Crippen LogP contribution in [0, 0.1) is 5.41 Å². The summed E-state index contributed by atoms with van der Waals surface area (Å²) in [6, 6.07) is 6.14. The number of hydrogen-bond donors (Lipinski definition) is 1. The Morgan fingerprint density at radius 2 is 1.75 bits per heavy atom. The first-order chi connectivity index (χ1) is 9.12. The lowest BCUT2D eigenvalue weighted by Crippen LogP contribution is -2.27. The molecule has 0 aliphatic carbocycles. The first-order valence-corrected chi connectivity index (χ1v) is 6.70. The van der Waals surface area contributed by atoms with Gasteiger partial charge in [0.2, 0.25) is 0 Å². The van der Waals surface area contributed by atoms with Gasteiger partial charge in [0.1, 0.15) is 5.75 Å². The molecule has 1 atom stereocenters. The lowest BCUT2D eigenvalue weighted by atomic mass is 9.85. The molecule has 0 heterocycles. The van der Waals surface area contributed by atoms with E-state index in [1.165, 1.54) is 6.07 Å². The third-order valence-electron chi connectivity index (χ3n) is 2.79. The van der Waals surface area contributed by atoms with Gasteiger partial charge in [0.15, 0.2) is 0 Å². The Hall–Kier alpha value is -1.23. The van der Waals surface area contributed by atoms with Crippen LogP contribution in [-0.2, 0) is 0 Å². The van der Waals surface area contributed by atoms with Gasteiger partial charge in [-0.15, -0.1) is 13.2 Å². The van der Waals surface area contributed by atoms with Gasteiger partial charge in [-0.05, 0) is 24.4 Å². The lowest BCUT2D eigenvalue weighted by molar-refractivity contribution is -0.275. The predicted molar refractivity (Wildman–Crippen MR) is 73.6 cm³/mol. The molecule has 1 aromatic rings. The first kappa shape index (κ1) is 16.8. The van der Waals surface area contributed by atoms with E-state index in [0.717, 1.165) is 6.42 Å². The molecule has 0 aliphatic heterocycles. The molecule has 0 amide bonds. The van der Waals surface area contributed by atoms with E-state index in [1.54, 1.807) is 18.2 Å². The number of para-hydroxylation sites is 1. The largest absolute Gasteiger partial charge is 0.573 e. The number of alkyl halides is 3. The highest BCUT2D eigenvalue weighted by atomic mass is 19.4. The normalized spacial score (nSPS) is 14.2. The van der Waals surface area contributed by atoms with Crippen molar-refractivity contribution in [1.82, 2.24) is 5.32 Å². The Balaban J connectivity index is 3.06. The number of hydrogen-bond acceptors (Lipinski definition) is 2. The monoisotopic (exact) mass is 289 g/mol. The highest BCUT2D eigenvalue weighted by Gasteiger charge is 2.33. The molecular formula is C15H22F3NO. The average Bonchev–Trinajstić information content (AvgIpc) is 2.25. The number of benzene rings is 1. The van der Waals surface area contributed by atoms with Crippen molar-refractivity contribution in [2.24, 2.45) is 5.41 Å². The van der Waals surface area contributed by atoms with Gasteiger partial charge in [-0.2, -0.15) is 0 Å². The fraction of sp³-hybridized carbons (Fsp3) is 0.600. The predicted octanol–water partition coefficient (Wildman–Crippen LogP) is 4.67. The van der Waals surface area contributed by atoms with Gasteiger partial charge in [-0.25, -0.2) is 0 Å². The van der Waals surface area contributed by atoms with Gasteiger partial charge in [0.05, 0.1) is 0 Å². The zero-order valence-electron chi connectivity index (χ0n) is 12.3. The van der Waals surface area contributed by atoms with E-state index in [1.807, 2.05) is 6.92 Å². The van der Waals surface area contributed by atoms with Gasteiger partial charge in [0.25, 0.3) is 0 Å². The SMILES string of the molecule is CCNC(CC(C)(C)C)c1ccccc1OC(F)(F)F. The summed E-state index contributed by atoms with van der Waals surface area (Å²) >= 11 is 0. The highest BCUT2D eigenvalue weighted by Crippen LogP contribution is 2.35. The molecule has 1 rings (SSSR count). The Bertz CT molecular complexity index is 424. The van der Waals surface area contributed by atoms with E-state index in [2.05, 4.69) is 30.8 Å². The zero-order chi connectivity index (χ0) is 15.4. The minimum atomic E-state index is -4.67. The van der Waals surface area contributed by atoms with Gasteiger partial charge in [-0.1, -0.05) is 45.9 Å². The van der Waals surface area contributed by atoms with E-state index in [9.17, 15) is 13.2 Å². The van der Waals surface area contributed by atoms with Crippen LogP contribution in [0.3, 0.4) is 0 Å². The number of halogens is 3. The fourth-order valence-corrected chi connectivity index (χ4v) is 2.14. The second-order valence-electron chi connectivity index (χ2n) is 5.96. The molecule has 20 heavy (non-hydrogen) atoms. The molecule has 1 aromatic carbocycles. The van der Waals surface area contributed by atoms with Crippen LogP contribution in [0.1, 0.15) is 45.7 Å². The molecule has 0 aromatic heterocycles. The van der Waals surface area contributed by atoms with Crippen LogP contribution in [0.4, 0.5) is 13.2 Å². The minimum absolute atomic E-state index is 0.00180. The maximum atomic E-state index is 12.5. The Labute approximate surface area is 118 Å². The number of nitrogens with one attached hydrogen (secondary N) is 1. The molecular weight excluding hydrogens is 267 g/mol. The smallest absolute Gasteiger partial charge is 0.405 e. The second kappa shape index (κ2) is 6.48. The van der Waals surface area contributed by atoms with Crippen LogP contribution in [-0.4, -0.2) is 12.9 Å². The van der Waals surface area contributed by atoms with Crippen molar-refractivity contribution in [3.8, 4) is 5.75 Å². The topological polar surface area (TPSA) is 21.3 Å². The van der Waals surface area contributed by atoms with Crippen LogP contribution < -0.4 is 10.1 Å². The molecule has 0 bridgehead atoms. The summed E-state index contributed by atoms with van der Waals surface area (Å²) in [5, 5.41) is 3.23. The Morgan fingerprint density at radius 1 is 1.15 bits per heavy atom. The van der Waals surface area contributed by atoms with Crippen LogP contribution >= 0.6 is 0 Å². The summed E-state index contributed by atoms with van der Waals surface area (Å²) in [5.41, 5.74) is 0.541.